The quantitative estimate of drug-likeness (QED) is 0.840. The highest BCUT2D eigenvalue weighted by molar-refractivity contribution is 7.09. The second kappa shape index (κ2) is 8.37. The molecule has 1 aromatic carbocycles. The first-order valence-corrected chi connectivity index (χ1v) is 9.22. The van der Waals surface area contributed by atoms with Gasteiger partial charge in [0.25, 0.3) is 5.91 Å². The Balaban J connectivity index is 1.54. The van der Waals surface area contributed by atoms with Gasteiger partial charge in [-0.05, 0) is 36.4 Å². The maximum absolute atomic E-state index is 13.7. The van der Waals surface area contributed by atoms with Gasteiger partial charge in [-0.15, -0.1) is 11.3 Å². The standard InChI is InChI=1S/C18H19F2N3O2S/c19-13-5-6-15(16(20)9-13)18(25)22-23-7-1-3-12(11-23)17(24)21-10-14-4-2-8-26-14/h2,4-6,8-9,12H,1,3,7,10-11H2,(H,21,24)(H,22,25). The molecule has 0 bridgehead atoms. The number of hydrogen-bond acceptors (Lipinski definition) is 4. The van der Waals surface area contributed by atoms with Crippen LogP contribution >= 0.6 is 11.3 Å². The number of nitrogens with one attached hydrogen (secondary N) is 2. The minimum absolute atomic E-state index is 0.0645. The molecule has 5 nitrogen and oxygen atoms in total. The van der Waals surface area contributed by atoms with Crippen molar-refractivity contribution in [2.75, 3.05) is 13.1 Å². The van der Waals surface area contributed by atoms with E-state index in [0.29, 0.717) is 25.7 Å². The summed E-state index contributed by atoms with van der Waals surface area (Å²) in [5, 5.41) is 6.47. The van der Waals surface area contributed by atoms with E-state index in [9.17, 15) is 18.4 Å². The molecule has 2 heterocycles. The number of thiophene rings is 1. The summed E-state index contributed by atoms with van der Waals surface area (Å²) >= 11 is 1.58. The fraction of sp³-hybridized carbons (Fsp3) is 0.333. The van der Waals surface area contributed by atoms with Gasteiger partial charge in [0.2, 0.25) is 5.91 Å². The SMILES string of the molecule is O=C(NN1CCCC(C(=O)NCc2cccs2)C1)c1ccc(F)cc1F. The van der Waals surface area contributed by atoms with Crippen molar-refractivity contribution in [3.05, 3.63) is 57.8 Å². The topological polar surface area (TPSA) is 61.4 Å². The van der Waals surface area contributed by atoms with Crippen molar-refractivity contribution in [2.24, 2.45) is 5.92 Å². The highest BCUT2D eigenvalue weighted by Gasteiger charge is 2.27. The van der Waals surface area contributed by atoms with Crippen LogP contribution in [-0.2, 0) is 11.3 Å². The lowest BCUT2D eigenvalue weighted by Crippen LogP contribution is -2.50. The van der Waals surface area contributed by atoms with Crippen molar-refractivity contribution in [3.8, 4) is 0 Å². The lowest BCUT2D eigenvalue weighted by molar-refractivity contribution is -0.127. The third-order valence-electron chi connectivity index (χ3n) is 4.24. The monoisotopic (exact) mass is 379 g/mol. The molecule has 26 heavy (non-hydrogen) atoms. The minimum atomic E-state index is -0.912. The Morgan fingerprint density at radius 2 is 2.12 bits per heavy atom. The summed E-state index contributed by atoms with van der Waals surface area (Å²) in [6.45, 7) is 1.41. The van der Waals surface area contributed by atoms with Crippen molar-refractivity contribution in [2.45, 2.75) is 19.4 Å². The van der Waals surface area contributed by atoms with E-state index in [2.05, 4.69) is 10.7 Å². The van der Waals surface area contributed by atoms with Crippen LogP contribution in [0.5, 0.6) is 0 Å². The van der Waals surface area contributed by atoms with Gasteiger partial charge < -0.3 is 5.32 Å². The molecule has 2 amide bonds. The molecule has 1 unspecified atom stereocenters. The summed E-state index contributed by atoms with van der Waals surface area (Å²) < 4.78 is 26.7. The molecule has 0 saturated carbocycles. The summed E-state index contributed by atoms with van der Waals surface area (Å²) in [7, 11) is 0. The van der Waals surface area contributed by atoms with Crippen molar-refractivity contribution < 1.29 is 18.4 Å². The van der Waals surface area contributed by atoms with Gasteiger partial charge in [-0.25, -0.2) is 13.8 Å². The number of halogens is 2. The molecule has 1 aromatic heterocycles. The van der Waals surface area contributed by atoms with Crippen LogP contribution < -0.4 is 10.7 Å². The number of hydrogen-bond donors (Lipinski definition) is 2. The van der Waals surface area contributed by atoms with Gasteiger partial charge in [0, 0.05) is 24.0 Å². The normalized spacial score (nSPS) is 17.7. The van der Waals surface area contributed by atoms with Crippen molar-refractivity contribution >= 4 is 23.2 Å². The number of hydrazine groups is 1. The first kappa shape index (κ1) is 18.5. The van der Waals surface area contributed by atoms with Crippen LogP contribution in [0.2, 0.25) is 0 Å². The highest BCUT2D eigenvalue weighted by Crippen LogP contribution is 2.17. The van der Waals surface area contributed by atoms with Crippen LogP contribution in [0.25, 0.3) is 0 Å². The molecular weight excluding hydrogens is 360 g/mol. The van der Waals surface area contributed by atoms with Crippen LogP contribution in [0.4, 0.5) is 8.78 Å². The van der Waals surface area contributed by atoms with Crippen molar-refractivity contribution in [1.29, 1.82) is 0 Å². The molecule has 2 aromatic rings. The molecule has 1 aliphatic rings. The molecule has 0 spiro atoms. The van der Waals surface area contributed by atoms with Gasteiger partial charge in [-0.2, -0.15) is 0 Å². The molecule has 2 N–H and O–H groups in total. The molecule has 3 rings (SSSR count). The first-order valence-electron chi connectivity index (χ1n) is 8.34. The Kier molecular flexibility index (Phi) is 5.95. The van der Waals surface area contributed by atoms with E-state index >= 15 is 0 Å². The molecule has 1 atom stereocenters. The summed E-state index contributed by atoms with van der Waals surface area (Å²) in [5.41, 5.74) is 2.38. The summed E-state index contributed by atoms with van der Waals surface area (Å²) in [5.74, 6) is -2.61. The number of rotatable bonds is 5. The number of piperidine rings is 1. The maximum Gasteiger partial charge on any atom is 0.268 e. The number of benzene rings is 1. The van der Waals surface area contributed by atoms with Gasteiger partial charge in [0.1, 0.15) is 11.6 Å². The zero-order valence-corrected chi connectivity index (χ0v) is 14.8. The van der Waals surface area contributed by atoms with E-state index in [0.717, 1.165) is 29.9 Å². The molecular formula is C18H19F2N3O2S. The second-order valence-electron chi connectivity index (χ2n) is 6.15. The van der Waals surface area contributed by atoms with Crippen molar-refractivity contribution in [3.63, 3.8) is 0 Å². The fourth-order valence-corrected chi connectivity index (χ4v) is 3.55. The Hall–Kier alpha value is -2.32. The molecule has 1 saturated heterocycles. The Morgan fingerprint density at radius 3 is 2.85 bits per heavy atom. The van der Waals surface area contributed by atoms with Gasteiger partial charge in [-0.3, -0.25) is 15.0 Å². The lowest BCUT2D eigenvalue weighted by Gasteiger charge is -2.32. The summed E-state index contributed by atoms with van der Waals surface area (Å²) in [6, 6.07) is 6.70. The molecule has 1 fully saturated rings. The third-order valence-corrected chi connectivity index (χ3v) is 5.12. The van der Waals surface area contributed by atoms with Crippen molar-refractivity contribution in [1.82, 2.24) is 15.8 Å². The minimum Gasteiger partial charge on any atom is -0.351 e. The first-order chi connectivity index (χ1) is 12.5. The van der Waals surface area contributed by atoms with E-state index < -0.39 is 17.5 Å². The number of nitrogens with zero attached hydrogens (tertiary/aromatic N) is 1. The fourth-order valence-electron chi connectivity index (χ4n) is 2.90. The smallest absolute Gasteiger partial charge is 0.268 e. The highest BCUT2D eigenvalue weighted by atomic mass is 32.1. The summed E-state index contributed by atoms with van der Waals surface area (Å²) in [4.78, 5) is 25.6. The van der Waals surface area contributed by atoms with Crippen LogP contribution in [0.15, 0.2) is 35.7 Å². The number of carbonyl (C=O) groups excluding carboxylic acids is 2. The van der Waals surface area contributed by atoms with E-state index in [1.165, 1.54) is 0 Å². The molecule has 0 radical (unpaired) electrons. The van der Waals surface area contributed by atoms with Crippen LogP contribution in [0.3, 0.4) is 0 Å². The van der Waals surface area contributed by atoms with E-state index in [-0.39, 0.29) is 17.4 Å². The Labute approximate surface area is 154 Å². The summed E-state index contributed by atoms with van der Waals surface area (Å²) in [6.07, 6.45) is 1.47. The molecule has 0 aliphatic carbocycles. The van der Waals surface area contributed by atoms with Gasteiger partial charge in [-0.1, -0.05) is 6.07 Å². The van der Waals surface area contributed by atoms with E-state index in [1.807, 2.05) is 17.5 Å². The molecule has 8 heteroatoms. The van der Waals surface area contributed by atoms with Crippen LogP contribution in [0, 0.1) is 17.6 Å². The molecule has 1 aliphatic heterocycles. The number of carbonyl (C=O) groups is 2. The zero-order chi connectivity index (χ0) is 18.5. The van der Waals surface area contributed by atoms with Gasteiger partial charge >= 0.3 is 0 Å². The van der Waals surface area contributed by atoms with E-state index in [4.69, 9.17) is 0 Å². The second-order valence-corrected chi connectivity index (χ2v) is 7.18. The largest absolute Gasteiger partial charge is 0.351 e. The van der Waals surface area contributed by atoms with E-state index in [1.54, 1.807) is 16.3 Å². The Morgan fingerprint density at radius 1 is 1.27 bits per heavy atom. The average Bonchev–Trinajstić information content (AvgIpc) is 3.13. The predicted molar refractivity (Wildman–Crippen MR) is 94.3 cm³/mol. The lowest BCUT2D eigenvalue weighted by atomic mass is 9.98. The Bertz CT molecular complexity index is 783. The van der Waals surface area contributed by atoms with Gasteiger partial charge in [0.05, 0.1) is 18.0 Å². The maximum atomic E-state index is 13.7. The third kappa shape index (κ3) is 4.64. The van der Waals surface area contributed by atoms with Crippen LogP contribution in [-0.4, -0.2) is 29.9 Å². The van der Waals surface area contributed by atoms with Gasteiger partial charge in [0.15, 0.2) is 0 Å². The number of amides is 2. The van der Waals surface area contributed by atoms with Crippen LogP contribution in [0.1, 0.15) is 28.1 Å². The molecule has 138 valence electrons. The zero-order valence-electron chi connectivity index (χ0n) is 14.0. The average molecular weight is 379 g/mol. The predicted octanol–water partition coefficient (Wildman–Crippen LogP) is 2.70.